The van der Waals surface area contributed by atoms with Crippen LogP contribution >= 0.6 is 0 Å². The number of nitrogens with zero attached hydrogens (tertiary/aromatic N) is 3. The Hall–Kier alpha value is -2.63. The number of carbonyl (C=O) groups is 2. The molecular weight excluding hydrogens is 304 g/mol. The topological polar surface area (TPSA) is 67.2 Å². The Kier molecular flexibility index (Phi) is 4.64. The molecule has 126 valence electrons. The Morgan fingerprint density at radius 2 is 2.12 bits per heavy atom. The highest BCUT2D eigenvalue weighted by molar-refractivity contribution is 5.94. The standard InChI is InChI=1S/C18H22N4O2/c1-13-5-6-15(9-20-13)18(24)22-11-14(8-17(23)19-2)10-21-7-3-4-16(21)12-22/h3-7,9,14H,8,10-12H2,1-2H3,(H,19,23)/t14-/m0/s1. The van der Waals surface area contributed by atoms with Gasteiger partial charge >= 0.3 is 0 Å². The van der Waals surface area contributed by atoms with Crippen molar-refractivity contribution in [1.29, 1.82) is 0 Å². The number of aromatic nitrogens is 2. The van der Waals surface area contributed by atoms with E-state index < -0.39 is 0 Å². The Labute approximate surface area is 141 Å². The first-order chi connectivity index (χ1) is 11.6. The minimum absolute atomic E-state index is 0.00000710. The molecule has 6 nitrogen and oxygen atoms in total. The number of fused-ring (bicyclic) bond motifs is 1. The summed E-state index contributed by atoms with van der Waals surface area (Å²) in [4.78, 5) is 30.7. The summed E-state index contributed by atoms with van der Waals surface area (Å²) in [6.45, 7) is 3.74. The molecule has 1 N–H and O–H groups in total. The van der Waals surface area contributed by atoms with Gasteiger partial charge in [0.15, 0.2) is 0 Å². The highest BCUT2D eigenvalue weighted by Gasteiger charge is 2.27. The molecule has 0 aliphatic carbocycles. The van der Waals surface area contributed by atoms with Crippen molar-refractivity contribution in [2.75, 3.05) is 13.6 Å². The van der Waals surface area contributed by atoms with Crippen molar-refractivity contribution in [3.8, 4) is 0 Å². The largest absolute Gasteiger partial charge is 0.359 e. The van der Waals surface area contributed by atoms with Crippen molar-refractivity contribution in [3.05, 3.63) is 53.6 Å². The molecule has 6 heteroatoms. The zero-order valence-electron chi connectivity index (χ0n) is 14.0. The maximum Gasteiger partial charge on any atom is 0.255 e. The molecule has 1 atom stereocenters. The molecule has 2 aromatic heterocycles. The lowest BCUT2D eigenvalue weighted by Crippen LogP contribution is -2.35. The fourth-order valence-electron chi connectivity index (χ4n) is 3.10. The number of carbonyl (C=O) groups excluding carboxylic acids is 2. The van der Waals surface area contributed by atoms with Gasteiger partial charge in [-0.2, -0.15) is 0 Å². The van der Waals surface area contributed by atoms with Gasteiger partial charge in [-0.05, 0) is 31.2 Å². The molecule has 1 aliphatic heterocycles. The zero-order chi connectivity index (χ0) is 17.1. The zero-order valence-corrected chi connectivity index (χ0v) is 14.0. The Balaban J connectivity index is 1.84. The van der Waals surface area contributed by atoms with Crippen LogP contribution in [0.2, 0.25) is 0 Å². The summed E-state index contributed by atoms with van der Waals surface area (Å²) in [6, 6.07) is 7.65. The molecule has 2 amide bonds. The first-order valence-electron chi connectivity index (χ1n) is 8.13. The average Bonchev–Trinajstić information content (AvgIpc) is 2.93. The second-order valence-electron chi connectivity index (χ2n) is 6.27. The van der Waals surface area contributed by atoms with Gasteiger partial charge in [0.2, 0.25) is 5.91 Å². The number of rotatable bonds is 3. The van der Waals surface area contributed by atoms with Crippen LogP contribution in [0.1, 0.15) is 28.2 Å². The third-order valence-corrected chi connectivity index (χ3v) is 4.41. The summed E-state index contributed by atoms with van der Waals surface area (Å²) < 4.78 is 2.13. The molecule has 0 saturated carbocycles. The lowest BCUT2D eigenvalue weighted by Gasteiger charge is -2.24. The fourth-order valence-corrected chi connectivity index (χ4v) is 3.10. The Morgan fingerprint density at radius 1 is 1.29 bits per heavy atom. The van der Waals surface area contributed by atoms with Gasteiger partial charge in [0, 0.05) is 56.3 Å². The molecule has 24 heavy (non-hydrogen) atoms. The normalized spacial score (nSPS) is 17.1. The minimum atomic E-state index is -0.0425. The van der Waals surface area contributed by atoms with E-state index in [9.17, 15) is 9.59 Å². The monoisotopic (exact) mass is 326 g/mol. The molecule has 0 fully saturated rings. The van der Waals surface area contributed by atoms with E-state index >= 15 is 0 Å². The van der Waals surface area contributed by atoms with Gasteiger partial charge in [0.05, 0.1) is 12.1 Å². The molecule has 0 spiro atoms. The van der Waals surface area contributed by atoms with Gasteiger partial charge in [-0.3, -0.25) is 14.6 Å². The van der Waals surface area contributed by atoms with E-state index in [0.29, 0.717) is 25.1 Å². The summed E-state index contributed by atoms with van der Waals surface area (Å²) in [5.74, 6) is 0.0417. The molecule has 0 unspecified atom stereocenters. The van der Waals surface area contributed by atoms with Crippen LogP contribution in [0.4, 0.5) is 0 Å². The summed E-state index contributed by atoms with van der Waals surface area (Å²) in [6.07, 6.45) is 4.03. The van der Waals surface area contributed by atoms with Crippen LogP contribution in [0.15, 0.2) is 36.7 Å². The molecule has 1 aliphatic rings. The second kappa shape index (κ2) is 6.86. The average molecular weight is 326 g/mol. The number of amides is 2. The SMILES string of the molecule is CNC(=O)C[C@@H]1CN(C(=O)c2ccc(C)nc2)Cc2cccn2C1. The van der Waals surface area contributed by atoms with Crippen LogP contribution < -0.4 is 5.32 Å². The summed E-state index contributed by atoms with van der Waals surface area (Å²) in [7, 11) is 1.64. The van der Waals surface area contributed by atoms with Crippen LogP contribution in [0.3, 0.4) is 0 Å². The molecule has 0 saturated heterocycles. The second-order valence-corrected chi connectivity index (χ2v) is 6.27. The first-order valence-corrected chi connectivity index (χ1v) is 8.13. The van der Waals surface area contributed by atoms with Crippen molar-refractivity contribution < 1.29 is 9.59 Å². The van der Waals surface area contributed by atoms with E-state index in [4.69, 9.17) is 0 Å². The minimum Gasteiger partial charge on any atom is -0.359 e. The van der Waals surface area contributed by atoms with Crippen molar-refractivity contribution in [2.24, 2.45) is 5.92 Å². The van der Waals surface area contributed by atoms with E-state index in [1.165, 1.54) is 0 Å². The molecule has 0 radical (unpaired) electrons. The Morgan fingerprint density at radius 3 is 2.83 bits per heavy atom. The van der Waals surface area contributed by atoms with Crippen LogP contribution in [0.5, 0.6) is 0 Å². The van der Waals surface area contributed by atoms with Crippen LogP contribution in [0.25, 0.3) is 0 Å². The maximum absolute atomic E-state index is 12.9. The van der Waals surface area contributed by atoms with Crippen LogP contribution in [0, 0.1) is 12.8 Å². The first kappa shape index (κ1) is 16.2. The lowest BCUT2D eigenvalue weighted by molar-refractivity contribution is -0.121. The molecule has 3 heterocycles. The summed E-state index contributed by atoms with van der Waals surface area (Å²) in [5, 5.41) is 2.67. The van der Waals surface area contributed by atoms with Gasteiger partial charge in [0.25, 0.3) is 5.91 Å². The van der Waals surface area contributed by atoms with Gasteiger partial charge in [0.1, 0.15) is 0 Å². The number of nitrogens with one attached hydrogen (secondary N) is 1. The van der Waals surface area contributed by atoms with Crippen molar-refractivity contribution in [3.63, 3.8) is 0 Å². The lowest BCUT2D eigenvalue weighted by atomic mass is 10.0. The van der Waals surface area contributed by atoms with E-state index in [2.05, 4.69) is 14.9 Å². The van der Waals surface area contributed by atoms with Crippen LogP contribution in [-0.4, -0.2) is 39.9 Å². The Bertz CT molecular complexity index is 736. The molecule has 0 bridgehead atoms. The summed E-state index contributed by atoms with van der Waals surface area (Å²) >= 11 is 0. The number of hydrogen-bond acceptors (Lipinski definition) is 3. The third kappa shape index (κ3) is 3.48. The smallest absolute Gasteiger partial charge is 0.255 e. The predicted molar refractivity (Wildman–Crippen MR) is 90.3 cm³/mol. The van der Waals surface area contributed by atoms with Gasteiger partial charge in [-0.1, -0.05) is 0 Å². The van der Waals surface area contributed by atoms with E-state index in [1.54, 1.807) is 13.2 Å². The fraction of sp³-hybridized carbons (Fsp3) is 0.389. The maximum atomic E-state index is 12.9. The van der Waals surface area contributed by atoms with E-state index in [-0.39, 0.29) is 17.7 Å². The predicted octanol–water partition coefficient (Wildman–Crippen LogP) is 1.60. The third-order valence-electron chi connectivity index (χ3n) is 4.41. The molecular formula is C18H22N4O2. The quantitative estimate of drug-likeness (QED) is 0.931. The summed E-state index contributed by atoms with van der Waals surface area (Å²) in [5.41, 5.74) is 2.55. The van der Waals surface area contributed by atoms with Gasteiger partial charge < -0.3 is 14.8 Å². The van der Waals surface area contributed by atoms with Crippen molar-refractivity contribution in [1.82, 2.24) is 19.8 Å². The van der Waals surface area contributed by atoms with Crippen molar-refractivity contribution in [2.45, 2.75) is 26.4 Å². The highest BCUT2D eigenvalue weighted by atomic mass is 16.2. The number of hydrogen-bond donors (Lipinski definition) is 1. The van der Waals surface area contributed by atoms with E-state index in [0.717, 1.165) is 17.9 Å². The highest BCUT2D eigenvalue weighted by Crippen LogP contribution is 2.21. The van der Waals surface area contributed by atoms with Crippen molar-refractivity contribution >= 4 is 11.8 Å². The number of aryl methyl sites for hydroxylation is 1. The number of pyridine rings is 1. The molecule has 0 aromatic carbocycles. The molecule has 3 rings (SSSR count). The molecule has 2 aromatic rings. The van der Waals surface area contributed by atoms with Gasteiger partial charge in [-0.25, -0.2) is 0 Å². The van der Waals surface area contributed by atoms with E-state index in [1.807, 2.05) is 42.3 Å². The van der Waals surface area contributed by atoms with Crippen LogP contribution in [-0.2, 0) is 17.9 Å². The van der Waals surface area contributed by atoms with Gasteiger partial charge in [-0.15, -0.1) is 0 Å².